The predicted octanol–water partition coefficient (Wildman–Crippen LogP) is 2.52. The van der Waals surface area contributed by atoms with Gasteiger partial charge in [0.05, 0.1) is 12.2 Å². The summed E-state index contributed by atoms with van der Waals surface area (Å²) >= 11 is 0. The summed E-state index contributed by atoms with van der Waals surface area (Å²) in [6.45, 7) is 6.52. The molecular weight excluding hydrogens is 346 g/mol. The number of aromatic nitrogens is 2. The SMILES string of the molecule is CC[C@]12CO[C@@H](C1C)[C@H](n1cc(C)c(NC(=O)c3ccccc3)nc1=O)O2. The molecule has 4 rings (SSSR count). The topological polar surface area (TPSA) is 82.5 Å². The highest BCUT2D eigenvalue weighted by atomic mass is 16.6. The normalized spacial score (nSPS) is 29.1. The first-order chi connectivity index (χ1) is 12.9. The molecular formula is C20H23N3O4. The smallest absolute Gasteiger partial charge is 0.351 e. The number of nitrogens with zero attached hydrogens (tertiary/aromatic N) is 2. The Bertz CT molecular complexity index is 927. The first kappa shape index (κ1) is 17.9. The number of ether oxygens (including phenoxy) is 2. The van der Waals surface area contributed by atoms with Crippen molar-refractivity contribution >= 4 is 11.7 Å². The van der Waals surface area contributed by atoms with Crippen molar-refractivity contribution in [3.05, 3.63) is 58.1 Å². The van der Waals surface area contributed by atoms with Crippen LogP contribution in [0.5, 0.6) is 0 Å². The standard InChI is InChI=1S/C20H23N3O4/c1-4-20-11-26-15(13(20)3)18(27-20)23-10-12(2)16(22-19(23)25)21-17(24)14-8-6-5-7-9-14/h5-10,13,15,18H,4,11H2,1-3H3,(H,21,22,24,25)/t13?,15-,18+,20-/m0/s1. The van der Waals surface area contributed by atoms with Crippen LogP contribution in [-0.2, 0) is 9.47 Å². The zero-order valence-electron chi connectivity index (χ0n) is 15.6. The van der Waals surface area contributed by atoms with Gasteiger partial charge in [-0.1, -0.05) is 32.0 Å². The van der Waals surface area contributed by atoms with Gasteiger partial charge in [-0.2, -0.15) is 4.98 Å². The fraction of sp³-hybridized carbons (Fsp3) is 0.450. The van der Waals surface area contributed by atoms with Gasteiger partial charge in [-0.05, 0) is 25.5 Å². The van der Waals surface area contributed by atoms with Gasteiger partial charge >= 0.3 is 5.69 Å². The molecule has 1 aromatic carbocycles. The van der Waals surface area contributed by atoms with Crippen molar-refractivity contribution in [2.24, 2.45) is 5.92 Å². The van der Waals surface area contributed by atoms with Gasteiger partial charge in [0.15, 0.2) is 6.23 Å². The second-order valence-electron chi connectivity index (χ2n) is 7.27. The van der Waals surface area contributed by atoms with Crippen LogP contribution < -0.4 is 11.0 Å². The minimum absolute atomic E-state index is 0.173. The average molecular weight is 369 g/mol. The maximum Gasteiger partial charge on any atom is 0.351 e. The minimum atomic E-state index is -0.494. The molecule has 2 aromatic rings. The van der Waals surface area contributed by atoms with Crippen LogP contribution in [0.25, 0.3) is 0 Å². The van der Waals surface area contributed by atoms with Gasteiger partial charge in [-0.25, -0.2) is 4.79 Å². The Morgan fingerprint density at radius 2 is 2.11 bits per heavy atom. The van der Waals surface area contributed by atoms with E-state index < -0.39 is 11.9 Å². The summed E-state index contributed by atoms with van der Waals surface area (Å²) in [7, 11) is 0. The van der Waals surface area contributed by atoms with Gasteiger partial charge in [0.1, 0.15) is 11.9 Å². The van der Waals surface area contributed by atoms with Crippen molar-refractivity contribution in [3.63, 3.8) is 0 Å². The number of aryl methyl sites for hydroxylation is 1. The first-order valence-corrected chi connectivity index (χ1v) is 9.21. The molecule has 0 aliphatic carbocycles. The van der Waals surface area contributed by atoms with Crippen molar-refractivity contribution in [3.8, 4) is 0 Å². The van der Waals surface area contributed by atoms with Crippen LogP contribution in [0.2, 0.25) is 0 Å². The summed E-state index contributed by atoms with van der Waals surface area (Å²) in [5.74, 6) is 0.158. The van der Waals surface area contributed by atoms with Crippen LogP contribution in [0, 0.1) is 12.8 Å². The maximum absolute atomic E-state index is 12.6. The fourth-order valence-corrected chi connectivity index (χ4v) is 3.96. The zero-order valence-corrected chi connectivity index (χ0v) is 15.6. The molecule has 7 nitrogen and oxygen atoms in total. The van der Waals surface area contributed by atoms with Crippen molar-refractivity contribution in [1.29, 1.82) is 0 Å². The number of amides is 1. The number of benzene rings is 1. The zero-order chi connectivity index (χ0) is 19.2. The van der Waals surface area contributed by atoms with Crippen LogP contribution in [0.1, 0.15) is 42.4 Å². The van der Waals surface area contributed by atoms with Gasteiger partial charge in [0.25, 0.3) is 5.91 Å². The summed E-state index contributed by atoms with van der Waals surface area (Å²) in [5, 5.41) is 2.71. The first-order valence-electron chi connectivity index (χ1n) is 9.21. The van der Waals surface area contributed by atoms with E-state index in [0.29, 0.717) is 17.7 Å². The largest absolute Gasteiger partial charge is 0.370 e. The number of hydrogen-bond donors (Lipinski definition) is 1. The summed E-state index contributed by atoms with van der Waals surface area (Å²) in [4.78, 5) is 29.1. The summed E-state index contributed by atoms with van der Waals surface area (Å²) < 4.78 is 13.6. The molecule has 2 aliphatic heterocycles. The Morgan fingerprint density at radius 1 is 1.37 bits per heavy atom. The van der Waals surface area contributed by atoms with Crippen LogP contribution in [0.4, 0.5) is 5.82 Å². The quantitative estimate of drug-likeness (QED) is 0.895. The number of rotatable bonds is 4. The molecule has 1 aromatic heterocycles. The lowest BCUT2D eigenvalue weighted by Gasteiger charge is -2.31. The molecule has 2 bridgehead atoms. The van der Waals surface area contributed by atoms with E-state index in [1.807, 2.05) is 6.07 Å². The summed E-state index contributed by atoms with van der Waals surface area (Å²) in [5.41, 5.74) is 0.376. The van der Waals surface area contributed by atoms with Gasteiger partial charge in [-0.15, -0.1) is 0 Å². The van der Waals surface area contributed by atoms with Gasteiger partial charge in [0, 0.05) is 23.2 Å². The number of anilines is 1. The van der Waals surface area contributed by atoms with Crippen LogP contribution in [0.3, 0.4) is 0 Å². The number of nitrogens with one attached hydrogen (secondary N) is 1. The van der Waals surface area contributed by atoms with E-state index in [4.69, 9.17) is 9.47 Å². The third kappa shape index (κ3) is 2.87. The third-order valence-electron chi connectivity index (χ3n) is 5.75. The van der Waals surface area contributed by atoms with E-state index in [1.165, 1.54) is 4.57 Å². The highest BCUT2D eigenvalue weighted by molar-refractivity contribution is 6.03. The van der Waals surface area contributed by atoms with Crippen molar-refractivity contribution in [2.75, 3.05) is 11.9 Å². The molecule has 1 amide bonds. The van der Waals surface area contributed by atoms with Crippen molar-refractivity contribution in [2.45, 2.75) is 45.1 Å². The Balaban J connectivity index is 1.60. The molecule has 1 N–H and O–H groups in total. The lowest BCUT2D eigenvalue weighted by Crippen LogP contribution is -2.39. The molecule has 2 fully saturated rings. The Morgan fingerprint density at radius 3 is 2.78 bits per heavy atom. The van der Waals surface area contributed by atoms with Gasteiger partial charge in [0.2, 0.25) is 0 Å². The molecule has 142 valence electrons. The lowest BCUT2D eigenvalue weighted by atomic mass is 9.88. The molecule has 4 atom stereocenters. The van der Waals surface area contributed by atoms with E-state index in [0.717, 1.165) is 6.42 Å². The van der Waals surface area contributed by atoms with Crippen LogP contribution in [0.15, 0.2) is 41.3 Å². The molecule has 2 aliphatic rings. The minimum Gasteiger partial charge on any atom is -0.370 e. The monoisotopic (exact) mass is 369 g/mol. The summed E-state index contributed by atoms with van der Waals surface area (Å²) in [6, 6.07) is 8.81. The molecule has 1 unspecified atom stereocenters. The van der Waals surface area contributed by atoms with Crippen molar-refractivity contribution in [1.82, 2.24) is 9.55 Å². The predicted molar refractivity (Wildman–Crippen MR) is 99.7 cm³/mol. The fourth-order valence-electron chi connectivity index (χ4n) is 3.96. The lowest BCUT2D eigenvalue weighted by molar-refractivity contribution is -0.174. The number of hydrogen-bond acceptors (Lipinski definition) is 5. The molecule has 7 heteroatoms. The van der Waals surface area contributed by atoms with E-state index >= 15 is 0 Å². The second-order valence-corrected chi connectivity index (χ2v) is 7.27. The van der Waals surface area contributed by atoms with E-state index in [1.54, 1.807) is 37.4 Å². The van der Waals surface area contributed by atoms with E-state index in [-0.39, 0.29) is 29.3 Å². The molecule has 0 saturated carbocycles. The maximum atomic E-state index is 12.6. The molecule has 3 heterocycles. The highest BCUT2D eigenvalue weighted by Crippen LogP contribution is 2.50. The van der Waals surface area contributed by atoms with E-state index in [9.17, 15) is 9.59 Å². The van der Waals surface area contributed by atoms with Crippen LogP contribution >= 0.6 is 0 Å². The Hall–Kier alpha value is -2.51. The van der Waals surface area contributed by atoms with Gasteiger partial charge in [-0.3, -0.25) is 9.36 Å². The molecule has 0 spiro atoms. The number of carbonyl (C=O) groups excluding carboxylic acids is 1. The highest BCUT2D eigenvalue weighted by Gasteiger charge is 2.58. The molecule has 27 heavy (non-hydrogen) atoms. The number of carbonyl (C=O) groups is 1. The Kier molecular flexibility index (Phi) is 4.36. The Labute approximate surface area is 157 Å². The average Bonchev–Trinajstić information content (AvgIpc) is 3.15. The van der Waals surface area contributed by atoms with Crippen LogP contribution in [-0.4, -0.2) is 33.8 Å². The van der Waals surface area contributed by atoms with Crippen molar-refractivity contribution < 1.29 is 14.3 Å². The summed E-state index contributed by atoms with van der Waals surface area (Å²) in [6.07, 6.45) is 1.84. The molecule has 0 radical (unpaired) electrons. The number of fused-ring (bicyclic) bond motifs is 2. The third-order valence-corrected chi connectivity index (χ3v) is 5.75. The van der Waals surface area contributed by atoms with E-state index in [2.05, 4.69) is 24.1 Å². The second kappa shape index (κ2) is 6.58. The van der Waals surface area contributed by atoms with Gasteiger partial charge < -0.3 is 14.8 Å². The molecule has 2 saturated heterocycles.